The van der Waals surface area contributed by atoms with E-state index in [1.807, 2.05) is 19.1 Å². The van der Waals surface area contributed by atoms with Gasteiger partial charge in [0.15, 0.2) is 11.6 Å². The number of hydrogen-bond donors (Lipinski definition) is 2. The second-order valence-corrected chi connectivity index (χ2v) is 3.03. The number of anilines is 1. The van der Waals surface area contributed by atoms with Gasteiger partial charge in [-0.3, -0.25) is 0 Å². The average molecular weight is 204 g/mol. The fourth-order valence-corrected chi connectivity index (χ4v) is 1.25. The Hall–Kier alpha value is -1.88. The molecule has 0 aliphatic carbocycles. The molecule has 0 saturated heterocycles. The predicted molar refractivity (Wildman–Crippen MR) is 56.9 cm³/mol. The van der Waals surface area contributed by atoms with Crippen LogP contribution < -0.4 is 11.3 Å². The SMILES string of the molecule is CCc1ccc(-c2nccc(NN)n2)o1. The van der Waals surface area contributed by atoms with E-state index in [4.69, 9.17) is 10.3 Å². The number of hydrogen-bond acceptors (Lipinski definition) is 5. The molecule has 3 N–H and O–H groups in total. The second kappa shape index (κ2) is 4.10. The Labute approximate surface area is 87.3 Å². The van der Waals surface area contributed by atoms with Crippen molar-refractivity contribution in [2.45, 2.75) is 13.3 Å². The van der Waals surface area contributed by atoms with Crippen molar-refractivity contribution in [3.63, 3.8) is 0 Å². The van der Waals surface area contributed by atoms with Gasteiger partial charge in [-0.05, 0) is 12.1 Å². The number of nitrogens with zero attached hydrogens (tertiary/aromatic N) is 2. The summed E-state index contributed by atoms with van der Waals surface area (Å²) in [5.41, 5.74) is 2.47. The van der Waals surface area contributed by atoms with Crippen molar-refractivity contribution in [3.05, 3.63) is 30.2 Å². The van der Waals surface area contributed by atoms with E-state index in [1.54, 1.807) is 12.3 Å². The van der Waals surface area contributed by atoms with Gasteiger partial charge in [0.25, 0.3) is 0 Å². The molecule has 0 spiro atoms. The summed E-state index contributed by atoms with van der Waals surface area (Å²) in [6.45, 7) is 2.03. The number of nitrogens with two attached hydrogens (primary N) is 1. The summed E-state index contributed by atoms with van der Waals surface area (Å²) in [4.78, 5) is 8.27. The fraction of sp³-hybridized carbons (Fsp3) is 0.200. The van der Waals surface area contributed by atoms with E-state index in [1.165, 1.54) is 0 Å². The van der Waals surface area contributed by atoms with Crippen molar-refractivity contribution in [2.24, 2.45) is 5.84 Å². The summed E-state index contributed by atoms with van der Waals surface area (Å²) in [5, 5.41) is 0. The number of furan rings is 1. The molecule has 2 aromatic rings. The summed E-state index contributed by atoms with van der Waals surface area (Å²) in [6, 6.07) is 5.46. The summed E-state index contributed by atoms with van der Waals surface area (Å²) >= 11 is 0. The van der Waals surface area contributed by atoms with Crippen LogP contribution in [0.2, 0.25) is 0 Å². The van der Waals surface area contributed by atoms with Crippen molar-refractivity contribution in [1.29, 1.82) is 0 Å². The Balaban J connectivity index is 2.35. The van der Waals surface area contributed by atoms with Crippen LogP contribution in [0.3, 0.4) is 0 Å². The van der Waals surface area contributed by atoms with Crippen LogP contribution in [0.15, 0.2) is 28.8 Å². The summed E-state index contributed by atoms with van der Waals surface area (Å²) in [7, 11) is 0. The molecule has 0 unspecified atom stereocenters. The highest BCUT2D eigenvalue weighted by Crippen LogP contribution is 2.19. The van der Waals surface area contributed by atoms with Crippen LogP contribution >= 0.6 is 0 Å². The maximum absolute atomic E-state index is 5.52. The minimum atomic E-state index is 0.533. The quantitative estimate of drug-likeness (QED) is 0.586. The van der Waals surface area contributed by atoms with Crippen molar-refractivity contribution >= 4 is 5.82 Å². The van der Waals surface area contributed by atoms with Crippen LogP contribution in [0.1, 0.15) is 12.7 Å². The van der Waals surface area contributed by atoms with E-state index >= 15 is 0 Å². The minimum absolute atomic E-state index is 0.533. The third kappa shape index (κ3) is 1.97. The number of nitrogen functional groups attached to an aromatic ring is 1. The standard InChI is InChI=1S/C10H12N4O/c1-2-7-3-4-8(15-7)10-12-6-5-9(13-10)14-11/h3-6H,2,11H2,1H3,(H,12,13,14). The summed E-state index contributed by atoms with van der Waals surface area (Å²) in [6.07, 6.45) is 2.49. The molecule has 0 amide bonds. The highest BCUT2D eigenvalue weighted by atomic mass is 16.3. The molecule has 15 heavy (non-hydrogen) atoms. The molecule has 2 rings (SSSR count). The first kappa shape index (κ1) is 9.67. The van der Waals surface area contributed by atoms with Gasteiger partial charge in [-0.15, -0.1) is 0 Å². The van der Waals surface area contributed by atoms with E-state index in [2.05, 4.69) is 15.4 Å². The van der Waals surface area contributed by atoms with Crippen LogP contribution in [0.4, 0.5) is 5.82 Å². The Kier molecular flexibility index (Phi) is 2.64. The normalized spacial score (nSPS) is 10.3. The topological polar surface area (TPSA) is 77.0 Å². The number of aryl methyl sites for hydroxylation is 1. The monoisotopic (exact) mass is 204 g/mol. The minimum Gasteiger partial charge on any atom is -0.458 e. The van der Waals surface area contributed by atoms with E-state index < -0.39 is 0 Å². The maximum atomic E-state index is 5.52. The lowest BCUT2D eigenvalue weighted by atomic mass is 10.3. The van der Waals surface area contributed by atoms with Gasteiger partial charge in [-0.1, -0.05) is 6.92 Å². The molecule has 78 valence electrons. The maximum Gasteiger partial charge on any atom is 0.197 e. The molecular weight excluding hydrogens is 192 g/mol. The van der Waals surface area contributed by atoms with E-state index in [0.29, 0.717) is 17.4 Å². The summed E-state index contributed by atoms with van der Waals surface area (Å²) < 4.78 is 5.52. The van der Waals surface area contributed by atoms with Crippen molar-refractivity contribution < 1.29 is 4.42 Å². The van der Waals surface area contributed by atoms with Gasteiger partial charge in [0.05, 0.1) is 0 Å². The van der Waals surface area contributed by atoms with Crippen LogP contribution in [0.5, 0.6) is 0 Å². The highest BCUT2D eigenvalue weighted by molar-refractivity contribution is 5.50. The molecule has 5 heteroatoms. The third-order valence-corrected chi connectivity index (χ3v) is 2.03. The molecule has 0 aliphatic heterocycles. The van der Waals surface area contributed by atoms with Crippen molar-refractivity contribution in [2.75, 3.05) is 5.43 Å². The molecule has 2 aromatic heterocycles. The lowest BCUT2D eigenvalue weighted by molar-refractivity contribution is 0.525. The molecule has 2 heterocycles. The number of rotatable bonds is 3. The van der Waals surface area contributed by atoms with Gasteiger partial charge in [0, 0.05) is 18.7 Å². The van der Waals surface area contributed by atoms with Crippen LogP contribution in [-0.4, -0.2) is 9.97 Å². The molecule has 0 saturated carbocycles. The molecule has 0 bridgehead atoms. The van der Waals surface area contributed by atoms with Crippen LogP contribution in [0, 0.1) is 0 Å². The number of hydrazine groups is 1. The van der Waals surface area contributed by atoms with Gasteiger partial charge in [0.1, 0.15) is 11.6 Å². The molecule has 0 aliphatic rings. The lowest BCUT2D eigenvalue weighted by Gasteiger charge is -1.99. The molecule has 5 nitrogen and oxygen atoms in total. The molecule has 0 radical (unpaired) electrons. The Morgan fingerprint density at radius 2 is 2.27 bits per heavy atom. The second-order valence-electron chi connectivity index (χ2n) is 3.03. The zero-order valence-corrected chi connectivity index (χ0v) is 8.40. The van der Waals surface area contributed by atoms with Crippen molar-refractivity contribution in [3.8, 4) is 11.6 Å². The Morgan fingerprint density at radius 3 is 2.93 bits per heavy atom. The molecule has 0 atom stereocenters. The Morgan fingerprint density at radius 1 is 1.40 bits per heavy atom. The zero-order chi connectivity index (χ0) is 10.7. The molecule has 0 aromatic carbocycles. The average Bonchev–Trinajstić information content (AvgIpc) is 2.78. The number of nitrogens with one attached hydrogen (secondary N) is 1. The van der Waals surface area contributed by atoms with Gasteiger partial charge in [-0.2, -0.15) is 0 Å². The van der Waals surface area contributed by atoms with Gasteiger partial charge in [0.2, 0.25) is 0 Å². The van der Waals surface area contributed by atoms with Gasteiger partial charge < -0.3 is 9.84 Å². The largest absolute Gasteiger partial charge is 0.458 e. The molecular formula is C10H12N4O. The van der Waals surface area contributed by atoms with E-state index in [-0.39, 0.29) is 0 Å². The Bertz CT molecular complexity index is 452. The first-order valence-electron chi connectivity index (χ1n) is 4.72. The summed E-state index contributed by atoms with van der Waals surface area (Å²) in [5.74, 6) is 7.93. The molecule has 0 fully saturated rings. The van der Waals surface area contributed by atoms with Crippen molar-refractivity contribution in [1.82, 2.24) is 9.97 Å². The predicted octanol–water partition coefficient (Wildman–Crippen LogP) is 1.58. The fourth-order valence-electron chi connectivity index (χ4n) is 1.25. The highest BCUT2D eigenvalue weighted by Gasteiger charge is 2.06. The smallest absolute Gasteiger partial charge is 0.197 e. The lowest BCUT2D eigenvalue weighted by Crippen LogP contribution is -2.08. The first-order chi connectivity index (χ1) is 7.33. The third-order valence-electron chi connectivity index (χ3n) is 2.03. The zero-order valence-electron chi connectivity index (χ0n) is 8.40. The number of aromatic nitrogens is 2. The van der Waals surface area contributed by atoms with Gasteiger partial charge in [-0.25, -0.2) is 15.8 Å². The van der Waals surface area contributed by atoms with E-state index in [0.717, 1.165) is 12.2 Å². The van der Waals surface area contributed by atoms with E-state index in [9.17, 15) is 0 Å². The van der Waals surface area contributed by atoms with Crippen LogP contribution in [0.25, 0.3) is 11.6 Å². The van der Waals surface area contributed by atoms with Gasteiger partial charge >= 0.3 is 0 Å². The van der Waals surface area contributed by atoms with Crippen LogP contribution in [-0.2, 0) is 6.42 Å². The first-order valence-corrected chi connectivity index (χ1v) is 4.72.